The predicted molar refractivity (Wildman–Crippen MR) is 104 cm³/mol. The Kier molecular flexibility index (Phi) is 4.86. The van der Waals surface area contributed by atoms with Crippen LogP contribution < -0.4 is 5.32 Å². The summed E-state index contributed by atoms with van der Waals surface area (Å²) >= 11 is 5.83. The summed E-state index contributed by atoms with van der Waals surface area (Å²) in [6.07, 6.45) is 2.77. The Morgan fingerprint density at radius 3 is 2.70 bits per heavy atom. The van der Waals surface area contributed by atoms with E-state index in [0.717, 1.165) is 18.7 Å². The van der Waals surface area contributed by atoms with Crippen LogP contribution >= 0.6 is 11.6 Å². The highest BCUT2D eigenvalue weighted by molar-refractivity contribution is 6.31. The lowest BCUT2D eigenvalue weighted by molar-refractivity contribution is 0.167. The number of rotatable bonds is 3. The van der Waals surface area contributed by atoms with Crippen LogP contribution in [-0.4, -0.2) is 22.0 Å². The summed E-state index contributed by atoms with van der Waals surface area (Å²) in [5.74, 6) is -0.507. The number of nitrogens with zero attached hydrogens (tertiary/aromatic N) is 2. The van der Waals surface area contributed by atoms with Gasteiger partial charge in [-0.05, 0) is 42.3 Å². The molecule has 1 N–H and O–H groups in total. The fourth-order valence-corrected chi connectivity index (χ4v) is 3.71. The largest absolute Gasteiger partial charge is 0.348 e. The third-order valence-corrected chi connectivity index (χ3v) is 5.16. The number of carbonyl (C=O) groups is 1. The molecule has 1 aliphatic heterocycles. The van der Waals surface area contributed by atoms with Gasteiger partial charge in [0.15, 0.2) is 0 Å². The van der Waals surface area contributed by atoms with Gasteiger partial charge in [0, 0.05) is 30.7 Å². The molecule has 138 valence electrons. The number of hydrogen-bond acceptors (Lipinski definition) is 1. The van der Waals surface area contributed by atoms with Crippen molar-refractivity contribution in [1.29, 1.82) is 0 Å². The van der Waals surface area contributed by atoms with Crippen LogP contribution in [0.4, 0.5) is 14.9 Å². The number of carbonyl (C=O) groups excluding carboxylic acids is 1. The van der Waals surface area contributed by atoms with E-state index < -0.39 is 5.82 Å². The summed E-state index contributed by atoms with van der Waals surface area (Å²) in [5.41, 5.74) is 2.75. The van der Waals surface area contributed by atoms with Crippen LogP contribution in [0.15, 0.2) is 66.9 Å². The van der Waals surface area contributed by atoms with E-state index in [9.17, 15) is 9.18 Å². The minimum Gasteiger partial charge on any atom is -0.348 e. The molecule has 0 fully saturated rings. The maximum Gasteiger partial charge on any atom is 0.322 e. The van der Waals surface area contributed by atoms with Crippen LogP contribution in [0.5, 0.6) is 0 Å². The zero-order valence-corrected chi connectivity index (χ0v) is 15.4. The summed E-state index contributed by atoms with van der Waals surface area (Å²) in [5, 5.41) is 2.83. The quantitative estimate of drug-likeness (QED) is 0.670. The Morgan fingerprint density at radius 1 is 1.11 bits per heavy atom. The summed E-state index contributed by atoms with van der Waals surface area (Å²) in [7, 11) is 0. The minimum absolute atomic E-state index is 0.0128. The van der Waals surface area contributed by atoms with Crippen molar-refractivity contribution in [1.82, 2.24) is 9.47 Å². The predicted octanol–water partition coefficient (Wildman–Crippen LogP) is 5.11. The lowest BCUT2D eigenvalue weighted by Gasteiger charge is -2.37. The van der Waals surface area contributed by atoms with Gasteiger partial charge in [-0.15, -0.1) is 0 Å². The van der Waals surface area contributed by atoms with E-state index in [1.165, 1.54) is 23.8 Å². The van der Waals surface area contributed by atoms with E-state index in [-0.39, 0.29) is 17.1 Å². The van der Waals surface area contributed by atoms with Gasteiger partial charge in [-0.1, -0.05) is 41.9 Å². The number of anilines is 1. The second-order valence-corrected chi connectivity index (χ2v) is 6.99. The molecule has 4 nitrogen and oxygen atoms in total. The molecule has 1 aromatic heterocycles. The first-order valence-corrected chi connectivity index (χ1v) is 9.21. The van der Waals surface area contributed by atoms with Gasteiger partial charge in [0.25, 0.3) is 0 Å². The number of urea groups is 1. The number of hydrogen-bond donors (Lipinski definition) is 1. The van der Waals surface area contributed by atoms with Crippen LogP contribution in [0.3, 0.4) is 0 Å². The van der Waals surface area contributed by atoms with Crippen molar-refractivity contribution >= 4 is 23.3 Å². The van der Waals surface area contributed by atoms with Gasteiger partial charge < -0.3 is 14.8 Å². The maximum atomic E-state index is 13.4. The number of fused-ring (bicyclic) bond motifs is 1. The van der Waals surface area contributed by atoms with Crippen molar-refractivity contribution in [2.75, 3.05) is 11.9 Å². The van der Waals surface area contributed by atoms with E-state index >= 15 is 0 Å². The Balaban J connectivity index is 1.59. The van der Waals surface area contributed by atoms with Crippen LogP contribution in [0, 0.1) is 5.82 Å². The van der Waals surface area contributed by atoms with Crippen molar-refractivity contribution in [3.8, 4) is 0 Å². The number of aromatic nitrogens is 1. The summed E-state index contributed by atoms with van der Waals surface area (Å²) in [6, 6.07) is 18.1. The van der Waals surface area contributed by atoms with Crippen molar-refractivity contribution in [2.45, 2.75) is 19.0 Å². The zero-order valence-electron chi connectivity index (χ0n) is 14.6. The fraction of sp³-hybridized carbons (Fsp3) is 0.190. The molecule has 27 heavy (non-hydrogen) atoms. The molecule has 0 radical (unpaired) electrons. The first-order valence-electron chi connectivity index (χ1n) is 8.83. The summed E-state index contributed by atoms with van der Waals surface area (Å²) in [4.78, 5) is 14.8. The molecule has 0 saturated heterocycles. The van der Waals surface area contributed by atoms with Gasteiger partial charge in [-0.25, -0.2) is 9.18 Å². The molecule has 0 aliphatic carbocycles. The second-order valence-electron chi connectivity index (χ2n) is 6.58. The molecule has 1 unspecified atom stereocenters. The summed E-state index contributed by atoms with van der Waals surface area (Å²) < 4.78 is 15.6. The van der Waals surface area contributed by atoms with Crippen LogP contribution in [0.1, 0.15) is 17.3 Å². The molecule has 3 aromatic rings. The van der Waals surface area contributed by atoms with Gasteiger partial charge in [-0.3, -0.25) is 0 Å². The molecule has 2 aromatic carbocycles. The first kappa shape index (κ1) is 17.6. The van der Waals surface area contributed by atoms with Crippen molar-refractivity contribution in [3.05, 3.63) is 89.0 Å². The van der Waals surface area contributed by atoms with Gasteiger partial charge in [-0.2, -0.15) is 0 Å². The highest BCUT2D eigenvalue weighted by Gasteiger charge is 2.31. The zero-order chi connectivity index (χ0) is 18.8. The first-order chi connectivity index (χ1) is 13.1. The Labute approximate surface area is 162 Å². The van der Waals surface area contributed by atoms with Crippen LogP contribution in [0.25, 0.3) is 0 Å². The second kappa shape index (κ2) is 7.45. The highest BCUT2D eigenvalue weighted by Crippen LogP contribution is 2.30. The number of nitrogens with one attached hydrogen (secondary N) is 1. The molecule has 1 atom stereocenters. The average molecular weight is 384 g/mol. The molecule has 1 aliphatic rings. The Hall–Kier alpha value is -2.79. The summed E-state index contributed by atoms with van der Waals surface area (Å²) in [6.45, 7) is 1.34. The molecule has 6 heteroatoms. The SMILES string of the molecule is O=C(Nc1ccc(F)c(Cl)c1)N1CCn2cccc2C1Cc1ccccc1. The molecule has 0 saturated carbocycles. The average Bonchev–Trinajstić information content (AvgIpc) is 3.15. The maximum absolute atomic E-state index is 13.4. The smallest absolute Gasteiger partial charge is 0.322 e. The Bertz CT molecular complexity index is 957. The van der Waals surface area contributed by atoms with Crippen molar-refractivity contribution in [3.63, 3.8) is 0 Å². The topological polar surface area (TPSA) is 37.3 Å². The van der Waals surface area contributed by atoms with E-state index in [1.54, 1.807) is 0 Å². The molecule has 4 rings (SSSR count). The Morgan fingerprint density at radius 2 is 1.93 bits per heavy atom. The van der Waals surface area contributed by atoms with Gasteiger partial charge in [0.2, 0.25) is 0 Å². The van der Waals surface area contributed by atoms with E-state index in [4.69, 9.17) is 11.6 Å². The third kappa shape index (κ3) is 3.69. The molecule has 2 amide bonds. The minimum atomic E-state index is -0.507. The molecule has 2 heterocycles. The molecular formula is C21H19ClFN3O. The van der Waals surface area contributed by atoms with Crippen LogP contribution in [0.2, 0.25) is 5.02 Å². The fourth-order valence-electron chi connectivity index (χ4n) is 3.53. The van der Waals surface area contributed by atoms with Gasteiger partial charge in [0.05, 0.1) is 11.1 Å². The molecular weight excluding hydrogens is 365 g/mol. The highest BCUT2D eigenvalue weighted by atomic mass is 35.5. The number of amides is 2. The van der Waals surface area contributed by atoms with Crippen molar-refractivity contribution in [2.24, 2.45) is 0 Å². The molecule has 0 bridgehead atoms. The van der Waals surface area contributed by atoms with E-state index in [2.05, 4.69) is 28.1 Å². The molecule has 0 spiro atoms. The van der Waals surface area contributed by atoms with E-state index in [0.29, 0.717) is 12.2 Å². The normalized spacial score (nSPS) is 16.1. The van der Waals surface area contributed by atoms with Crippen LogP contribution in [-0.2, 0) is 13.0 Å². The van der Waals surface area contributed by atoms with E-state index in [1.807, 2.05) is 35.4 Å². The standard InChI is InChI=1S/C21H19ClFN3O/c22-17-14-16(8-9-18(17)23)24-21(27)26-12-11-25-10-4-7-19(25)20(26)13-15-5-2-1-3-6-15/h1-10,14,20H,11-13H2,(H,24,27). The third-order valence-electron chi connectivity index (χ3n) is 4.87. The monoisotopic (exact) mass is 383 g/mol. The van der Waals surface area contributed by atoms with Crippen molar-refractivity contribution < 1.29 is 9.18 Å². The lowest BCUT2D eigenvalue weighted by atomic mass is 10.0. The lowest BCUT2D eigenvalue weighted by Crippen LogP contribution is -2.44. The van der Waals surface area contributed by atoms with Gasteiger partial charge in [0.1, 0.15) is 5.82 Å². The van der Waals surface area contributed by atoms with Gasteiger partial charge >= 0.3 is 6.03 Å². The number of halogens is 2. The number of benzene rings is 2.